The van der Waals surface area contributed by atoms with Crippen LogP contribution in [0.25, 0.3) is 0 Å². The van der Waals surface area contributed by atoms with E-state index >= 15 is 0 Å². The average Bonchev–Trinajstić information content (AvgIpc) is 2.86. The first-order valence-electron chi connectivity index (χ1n) is 13.0. The van der Waals surface area contributed by atoms with Crippen molar-refractivity contribution >= 4 is 23.5 Å². The van der Waals surface area contributed by atoms with Gasteiger partial charge in [0.05, 0.1) is 24.1 Å². The van der Waals surface area contributed by atoms with E-state index in [0.717, 1.165) is 13.0 Å². The molecular weight excluding hydrogens is 448 g/mol. The van der Waals surface area contributed by atoms with Crippen LogP contribution in [-0.2, 0) is 9.53 Å². The zero-order valence-electron chi connectivity index (χ0n) is 20.8. The Hall–Kier alpha value is -2.81. The molecule has 9 nitrogen and oxygen atoms in total. The van der Waals surface area contributed by atoms with Crippen LogP contribution in [0.2, 0.25) is 0 Å². The molecule has 2 heterocycles. The monoisotopic (exact) mass is 486 g/mol. The topological polar surface area (TPSA) is 109 Å². The van der Waals surface area contributed by atoms with Gasteiger partial charge in [-0.05, 0) is 56.7 Å². The highest BCUT2D eigenvalue weighted by Crippen LogP contribution is 2.32. The fraction of sp³-hybridized carbons (Fsp3) is 0.654. The second-order valence-electron chi connectivity index (χ2n) is 9.88. The smallest absolute Gasteiger partial charge is 0.319 e. The fourth-order valence-electron chi connectivity index (χ4n) is 5.37. The Morgan fingerprint density at radius 3 is 2.66 bits per heavy atom. The zero-order valence-corrected chi connectivity index (χ0v) is 20.8. The summed E-state index contributed by atoms with van der Waals surface area (Å²) in [6.07, 6.45) is 7.52. The Kier molecular flexibility index (Phi) is 8.49. The van der Waals surface area contributed by atoms with E-state index in [1.165, 1.54) is 32.1 Å². The minimum absolute atomic E-state index is 0.0349. The van der Waals surface area contributed by atoms with Gasteiger partial charge in [-0.3, -0.25) is 9.59 Å². The van der Waals surface area contributed by atoms with E-state index < -0.39 is 0 Å². The number of urea groups is 1. The number of nitrogens with zero attached hydrogens (tertiary/aromatic N) is 1. The number of nitrogens with one attached hydrogen (secondary N) is 3. The highest BCUT2D eigenvalue weighted by atomic mass is 16.5. The second kappa shape index (κ2) is 11.7. The molecule has 0 bridgehead atoms. The zero-order chi connectivity index (χ0) is 24.8. The van der Waals surface area contributed by atoms with E-state index in [0.29, 0.717) is 48.9 Å². The van der Waals surface area contributed by atoms with Gasteiger partial charge in [-0.15, -0.1) is 0 Å². The Balaban J connectivity index is 1.35. The normalized spacial score (nSPS) is 24.8. The molecule has 3 N–H and O–H groups in total. The molecule has 0 unspecified atom stereocenters. The number of hydrogen-bond donors (Lipinski definition) is 3. The van der Waals surface area contributed by atoms with Crippen molar-refractivity contribution in [2.75, 3.05) is 32.1 Å². The average molecular weight is 487 g/mol. The number of ether oxygens (including phenoxy) is 2. The molecule has 0 spiro atoms. The van der Waals surface area contributed by atoms with Crippen LogP contribution in [0.4, 0.5) is 10.5 Å². The molecule has 1 aromatic rings. The molecule has 3 aliphatic rings. The summed E-state index contributed by atoms with van der Waals surface area (Å²) in [6, 6.07) is 4.59. The summed E-state index contributed by atoms with van der Waals surface area (Å²) in [4.78, 5) is 39.4. The molecule has 1 saturated heterocycles. The Morgan fingerprint density at radius 1 is 1.09 bits per heavy atom. The Bertz CT molecular complexity index is 917. The molecule has 3 atom stereocenters. The minimum atomic E-state index is -0.324. The van der Waals surface area contributed by atoms with Crippen LogP contribution < -0.4 is 20.7 Å². The van der Waals surface area contributed by atoms with Crippen molar-refractivity contribution in [1.82, 2.24) is 15.5 Å². The summed E-state index contributed by atoms with van der Waals surface area (Å²) in [5, 5.41) is 8.51. The van der Waals surface area contributed by atoms with Crippen molar-refractivity contribution in [2.45, 2.75) is 76.5 Å². The quantitative estimate of drug-likeness (QED) is 0.572. The lowest BCUT2D eigenvalue weighted by Gasteiger charge is -2.42. The highest BCUT2D eigenvalue weighted by molar-refractivity contribution is 5.99. The lowest BCUT2D eigenvalue weighted by molar-refractivity contribution is -0.134. The molecule has 4 rings (SSSR count). The summed E-state index contributed by atoms with van der Waals surface area (Å²) in [5.74, 6) is 0.909. The minimum Gasteiger partial charge on any atom is -0.490 e. The molecule has 0 radical (unpaired) electrons. The van der Waals surface area contributed by atoms with Crippen molar-refractivity contribution in [1.29, 1.82) is 0 Å². The lowest BCUT2D eigenvalue weighted by Crippen LogP contribution is -2.54. The third-order valence-electron chi connectivity index (χ3n) is 7.33. The number of carbonyl (C=O) groups excluding carboxylic acids is 3. The summed E-state index contributed by atoms with van der Waals surface area (Å²) < 4.78 is 12.3. The van der Waals surface area contributed by atoms with Crippen LogP contribution >= 0.6 is 0 Å². The van der Waals surface area contributed by atoms with Crippen molar-refractivity contribution < 1.29 is 23.9 Å². The third-order valence-corrected chi connectivity index (χ3v) is 7.33. The van der Waals surface area contributed by atoms with Gasteiger partial charge in [0.1, 0.15) is 18.5 Å². The molecule has 1 aromatic carbocycles. The summed E-state index contributed by atoms with van der Waals surface area (Å²) >= 11 is 0. The van der Waals surface area contributed by atoms with Gasteiger partial charge in [0.15, 0.2) is 0 Å². The summed E-state index contributed by atoms with van der Waals surface area (Å²) in [5.41, 5.74) is 0.931. The lowest BCUT2D eigenvalue weighted by atomic mass is 9.89. The first-order chi connectivity index (χ1) is 16.9. The second-order valence-corrected chi connectivity index (χ2v) is 9.88. The molecular formula is C26H38N4O5. The van der Waals surface area contributed by atoms with E-state index in [1.54, 1.807) is 30.1 Å². The number of anilines is 1. The number of benzene rings is 1. The maximum absolute atomic E-state index is 13.3. The molecule has 0 aromatic heterocycles. The van der Waals surface area contributed by atoms with Gasteiger partial charge < -0.3 is 30.3 Å². The SMILES string of the molecule is CCNC(=O)Nc1ccc2c(c1)C(=O)N(C)[C@H]1CC[C@@H](CC(=O)NCC3CCCCC3)O[C@H]1CO2. The Morgan fingerprint density at radius 2 is 1.89 bits per heavy atom. The molecule has 35 heavy (non-hydrogen) atoms. The number of likely N-dealkylation sites (N-methyl/N-ethyl adjacent to an activating group) is 1. The van der Waals surface area contributed by atoms with E-state index in [4.69, 9.17) is 9.47 Å². The summed E-state index contributed by atoms with van der Waals surface area (Å²) in [7, 11) is 1.78. The maximum atomic E-state index is 13.3. The number of carbonyl (C=O) groups is 3. The van der Waals surface area contributed by atoms with Gasteiger partial charge in [-0.1, -0.05) is 19.3 Å². The fourth-order valence-corrected chi connectivity index (χ4v) is 5.37. The molecule has 1 saturated carbocycles. The van der Waals surface area contributed by atoms with Crippen molar-refractivity contribution in [3.63, 3.8) is 0 Å². The molecule has 2 fully saturated rings. The van der Waals surface area contributed by atoms with Crippen LogP contribution in [0.3, 0.4) is 0 Å². The van der Waals surface area contributed by atoms with Gasteiger partial charge in [0, 0.05) is 25.8 Å². The molecule has 2 aliphatic heterocycles. The first kappa shape index (κ1) is 25.3. The van der Waals surface area contributed by atoms with Gasteiger partial charge in [0.25, 0.3) is 5.91 Å². The third kappa shape index (κ3) is 6.45. The van der Waals surface area contributed by atoms with Crippen molar-refractivity contribution in [3.05, 3.63) is 23.8 Å². The van der Waals surface area contributed by atoms with Crippen LogP contribution in [0.15, 0.2) is 18.2 Å². The van der Waals surface area contributed by atoms with Crippen LogP contribution in [0.5, 0.6) is 5.75 Å². The van der Waals surface area contributed by atoms with Crippen LogP contribution in [0, 0.1) is 5.92 Å². The Labute approximate surface area is 207 Å². The number of hydrogen-bond acceptors (Lipinski definition) is 5. The van der Waals surface area contributed by atoms with Gasteiger partial charge in [0.2, 0.25) is 5.91 Å². The van der Waals surface area contributed by atoms with Gasteiger partial charge in [-0.25, -0.2) is 4.79 Å². The first-order valence-corrected chi connectivity index (χ1v) is 13.0. The predicted molar refractivity (Wildman–Crippen MR) is 133 cm³/mol. The molecule has 192 valence electrons. The largest absolute Gasteiger partial charge is 0.490 e. The van der Waals surface area contributed by atoms with E-state index in [9.17, 15) is 14.4 Å². The standard InChI is InChI=1S/C26H38N4O5/c1-3-27-26(33)29-18-9-12-22-20(13-18)25(32)30(2)21-11-10-19(35-23(21)16-34-22)14-24(31)28-15-17-7-5-4-6-8-17/h9,12-13,17,19,21,23H,3-8,10-11,14-16H2,1-2H3,(H,28,31)(H2,27,29,33)/t19-,21-,23-/m0/s1. The summed E-state index contributed by atoms with van der Waals surface area (Å²) in [6.45, 7) is 3.39. The predicted octanol–water partition coefficient (Wildman–Crippen LogP) is 3.30. The number of amides is 4. The molecule has 1 aliphatic carbocycles. The molecule has 9 heteroatoms. The van der Waals surface area contributed by atoms with Gasteiger partial charge >= 0.3 is 6.03 Å². The number of rotatable bonds is 6. The van der Waals surface area contributed by atoms with Crippen LogP contribution in [-0.4, -0.2) is 67.7 Å². The molecule has 4 amide bonds. The highest BCUT2D eigenvalue weighted by Gasteiger charge is 2.39. The maximum Gasteiger partial charge on any atom is 0.319 e. The van der Waals surface area contributed by atoms with Crippen molar-refractivity contribution in [2.24, 2.45) is 5.92 Å². The number of fused-ring (bicyclic) bond motifs is 2. The van der Waals surface area contributed by atoms with Crippen LogP contribution in [0.1, 0.15) is 68.6 Å². The van der Waals surface area contributed by atoms with Crippen molar-refractivity contribution in [3.8, 4) is 5.75 Å². The van der Waals surface area contributed by atoms with E-state index in [-0.39, 0.29) is 36.1 Å². The van der Waals surface area contributed by atoms with Gasteiger partial charge in [-0.2, -0.15) is 0 Å². The van der Waals surface area contributed by atoms with E-state index in [2.05, 4.69) is 16.0 Å². The van der Waals surface area contributed by atoms with E-state index in [1.807, 2.05) is 6.92 Å².